The van der Waals surface area contributed by atoms with E-state index in [1.807, 2.05) is 19.2 Å². The average molecular weight is 262 g/mol. The molecule has 1 heterocycles. The SMILES string of the molecule is Cc1cncc(C(N)CSc2ccc(F)cc2)c1. The second kappa shape index (κ2) is 5.98. The van der Waals surface area contributed by atoms with Crippen LogP contribution in [0.3, 0.4) is 0 Å². The summed E-state index contributed by atoms with van der Waals surface area (Å²) in [5.74, 6) is 0.531. The van der Waals surface area contributed by atoms with Crippen molar-refractivity contribution in [2.75, 3.05) is 5.75 Å². The molecule has 1 aromatic heterocycles. The zero-order chi connectivity index (χ0) is 13.0. The number of hydrogen-bond acceptors (Lipinski definition) is 3. The molecule has 4 heteroatoms. The summed E-state index contributed by atoms with van der Waals surface area (Å²) in [5, 5.41) is 0. The number of aromatic nitrogens is 1. The molecule has 0 aliphatic heterocycles. The zero-order valence-electron chi connectivity index (χ0n) is 10.1. The van der Waals surface area contributed by atoms with Crippen molar-refractivity contribution in [3.05, 3.63) is 59.7 Å². The van der Waals surface area contributed by atoms with Crippen molar-refractivity contribution in [2.24, 2.45) is 5.73 Å². The van der Waals surface area contributed by atoms with Gasteiger partial charge in [-0.2, -0.15) is 0 Å². The van der Waals surface area contributed by atoms with Gasteiger partial charge in [0.2, 0.25) is 0 Å². The van der Waals surface area contributed by atoms with E-state index in [1.54, 1.807) is 30.1 Å². The van der Waals surface area contributed by atoms with E-state index < -0.39 is 0 Å². The molecule has 2 aromatic rings. The normalized spacial score (nSPS) is 12.4. The van der Waals surface area contributed by atoms with Crippen LogP contribution in [0.25, 0.3) is 0 Å². The Bertz CT molecular complexity index is 513. The van der Waals surface area contributed by atoms with E-state index in [-0.39, 0.29) is 11.9 Å². The highest BCUT2D eigenvalue weighted by atomic mass is 32.2. The summed E-state index contributed by atoms with van der Waals surface area (Å²) < 4.78 is 12.8. The molecule has 94 valence electrons. The molecule has 1 aromatic carbocycles. The van der Waals surface area contributed by atoms with Gasteiger partial charge in [0.1, 0.15) is 5.82 Å². The highest BCUT2D eigenvalue weighted by molar-refractivity contribution is 7.99. The number of nitrogens with two attached hydrogens (primary N) is 1. The van der Waals surface area contributed by atoms with Crippen LogP contribution in [0.5, 0.6) is 0 Å². The standard InChI is InChI=1S/C14H15FN2S/c1-10-6-11(8-17-7-10)14(16)9-18-13-4-2-12(15)3-5-13/h2-8,14H,9,16H2,1H3. The molecule has 0 spiro atoms. The van der Waals surface area contributed by atoms with Crippen LogP contribution in [0.4, 0.5) is 4.39 Å². The fourth-order valence-electron chi connectivity index (χ4n) is 1.59. The van der Waals surface area contributed by atoms with E-state index in [1.165, 1.54) is 12.1 Å². The van der Waals surface area contributed by atoms with E-state index in [2.05, 4.69) is 4.98 Å². The van der Waals surface area contributed by atoms with E-state index in [0.29, 0.717) is 0 Å². The number of nitrogens with zero attached hydrogens (tertiary/aromatic N) is 1. The van der Waals surface area contributed by atoms with Crippen molar-refractivity contribution in [3.8, 4) is 0 Å². The lowest BCUT2D eigenvalue weighted by atomic mass is 10.1. The van der Waals surface area contributed by atoms with Gasteiger partial charge in [-0.3, -0.25) is 4.98 Å². The van der Waals surface area contributed by atoms with Gasteiger partial charge in [-0.1, -0.05) is 6.07 Å². The Morgan fingerprint density at radius 1 is 1.28 bits per heavy atom. The summed E-state index contributed by atoms with van der Waals surface area (Å²) in [4.78, 5) is 5.15. The van der Waals surface area contributed by atoms with E-state index in [4.69, 9.17) is 5.73 Å². The van der Waals surface area contributed by atoms with Crippen molar-refractivity contribution >= 4 is 11.8 Å². The molecule has 0 aliphatic rings. The lowest BCUT2D eigenvalue weighted by Gasteiger charge is -2.11. The van der Waals surface area contributed by atoms with Gasteiger partial charge in [-0.05, 0) is 42.3 Å². The molecule has 2 nitrogen and oxygen atoms in total. The molecule has 0 saturated heterocycles. The number of aryl methyl sites for hydroxylation is 1. The van der Waals surface area contributed by atoms with Gasteiger partial charge < -0.3 is 5.73 Å². The summed E-state index contributed by atoms with van der Waals surface area (Å²) in [7, 11) is 0. The molecular formula is C14H15FN2S. The van der Waals surface area contributed by atoms with Crippen molar-refractivity contribution in [1.29, 1.82) is 0 Å². The van der Waals surface area contributed by atoms with Crippen LogP contribution in [0.2, 0.25) is 0 Å². The molecule has 0 radical (unpaired) electrons. The van der Waals surface area contributed by atoms with Crippen LogP contribution in [0.15, 0.2) is 47.6 Å². The minimum absolute atomic E-state index is 0.0625. The molecule has 0 amide bonds. The van der Waals surface area contributed by atoms with Gasteiger partial charge in [0, 0.05) is 29.1 Å². The van der Waals surface area contributed by atoms with Crippen LogP contribution in [0.1, 0.15) is 17.2 Å². The topological polar surface area (TPSA) is 38.9 Å². The summed E-state index contributed by atoms with van der Waals surface area (Å²) in [5.41, 5.74) is 8.24. The first kappa shape index (κ1) is 13.1. The second-order valence-electron chi connectivity index (χ2n) is 4.17. The molecule has 2 rings (SSSR count). The number of halogens is 1. The summed E-state index contributed by atoms with van der Waals surface area (Å²) in [6.45, 7) is 2.00. The first-order valence-corrected chi connectivity index (χ1v) is 6.69. The molecule has 2 N–H and O–H groups in total. The van der Waals surface area contributed by atoms with Crippen LogP contribution < -0.4 is 5.73 Å². The molecule has 1 unspecified atom stereocenters. The Morgan fingerprint density at radius 2 is 2.00 bits per heavy atom. The number of thioether (sulfide) groups is 1. The predicted octanol–water partition coefficient (Wildman–Crippen LogP) is 3.32. The van der Waals surface area contributed by atoms with Gasteiger partial charge in [-0.15, -0.1) is 11.8 Å². The Morgan fingerprint density at radius 3 is 2.67 bits per heavy atom. The highest BCUT2D eigenvalue weighted by Gasteiger charge is 2.07. The van der Waals surface area contributed by atoms with Crippen LogP contribution >= 0.6 is 11.8 Å². The van der Waals surface area contributed by atoms with Crippen molar-refractivity contribution in [1.82, 2.24) is 4.98 Å². The summed E-state index contributed by atoms with van der Waals surface area (Å²) in [6, 6.07) is 8.43. The third kappa shape index (κ3) is 3.55. The lowest BCUT2D eigenvalue weighted by Crippen LogP contribution is -2.13. The number of benzene rings is 1. The Kier molecular flexibility index (Phi) is 4.33. The highest BCUT2D eigenvalue weighted by Crippen LogP contribution is 2.23. The molecule has 18 heavy (non-hydrogen) atoms. The van der Waals surface area contributed by atoms with Crippen LogP contribution in [0, 0.1) is 12.7 Å². The minimum atomic E-state index is -0.216. The largest absolute Gasteiger partial charge is 0.323 e. The number of hydrogen-bond donors (Lipinski definition) is 1. The average Bonchev–Trinajstić information content (AvgIpc) is 2.38. The van der Waals surface area contributed by atoms with Crippen molar-refractivity contribution in [2.45, 2.75) is 17.9 Å². The molecular weight excluding hydrogens is 247 g/mol. The smallest absolute Gasteiger partial charge is 0.123 e. The number of rotatable bonds is 4. The quantitative estimate of drug-likeness (QED) is 0.859. The maximum absolute atomic E-state index is 12.8. The van der Waals surface area contributed by atoms with E-state index in [9.17, 15) is 4.39 Å². The van der Waals surface area contributed by atoms with Gasteiger partial charge in [0.15, 0.2) is 0 Å². The van der Waals surface area contributed by atoms with Crippen LogP contribution in [-0.2, 0) is 0 Å². The lowest BCUT2D eigenvalue weighted by molar-refractivity contribution is 0.626. The maximum atomic E-state index is 12.8. The first-order chi connectivity index (χ1) is 8.65. The summed E-state index contributed by atoms with van der Waals surface area (Å²) >= 11 is 1.62. The second-order valence-corrected chi connectivity index (χ2v) is 5.26. The Hall–Kier alpha value is -1.39. The molecule has 0 saturated carbocycles. The van der Waals surface area contributed by atoms with E-state index >= 15 is 0 Å². The first-order valence-electron chi connectivity index (χ1n) is 5.70. The fraction of sp³-hybridized carbons (Fsp3) is 0.214. The van der Waals surface area contributed by atoms with E-state index in [0.717, 1.165) is 21.8 Å². The Labute approximate surface area is 110 Å². The molecule has 0 fully saturated rings. The fourth-order valence-corrected chi connectivity index (χ4v) is 2.49. The monoisotopic (exact) mass is 262 g/mol. The zero-order valence-corrected chi connectivity index (χ0v) is 11.0. The van der Waals surface area contributed by atoms with Gasteiger partial charge in [0.05, 0.1) is 0 Å². The van der Waals surface area contributed by atoms with Gasteiger partial charge >= 0.3 is 0 Å². The van der Waals surface area contributed by atoms with Crippen LogP contribution in [-0.4, -0.2) is 10.7 Å². The summed E-state index contributed by atoms with van der Waals surface area (Å²) in [6.07, 6.45) is 3.60. The maximum Gasteiger partial charge on any atom is 0.123 e. The predicted molar refractivity (Wildman–Crippen MR) is 73.0 cm³/mol. The third-order valence-electron chi connectivity index (χ3n) is 2.57. The molecule has 0 aliphatic carbocycles. The Balaban J connectivity index is 1.96. The van der Waals surface area contributed by atoms with Gasteiger partial charge in [-0.25, -0.2) is 4.39 Å². The minimum Gasteiger partial charge on any atom is -0.323 e. The molecule has 0 bridgehead atoms. The van der Waals surface area contributed by atoms with Gasteiger partial charge in [0.25, 0.3) is 0 Å². The number of pyridine rings is 1. The third-order valence-corrected chi connectivity index (χ3v) is 3.70. The van der Waals surface area contributed by atoms with Crippen molar-refractivity contribution < 1.29 is 4.39 Å². The van der Waals surface area contributed by atoms with Crippen molar-refractivity contribution in [3.63, 3.8) is 0 Å². The molecule has 1 atom stereocenters.